The van der Waals surface area contributed by atoms with Gasteiger partial charge in [0, 0.05) is 48.9 Å². The van der Waals surface area contributed by atoms with E-state index in [0.29, 0.717) is 6.04 Å². The number of nitrogens with zero attached hydrogens (tertiary/aromatic N) is 2. The maximum Gasteiger partial charge on any atom is 0.168 e. The summed E-state index contributed by atoms with van der Waals surface area (Å²) in [5.74, 6) is 0. The van der Waals surface area contributed by atoms with Crippen molar-refractivity contribution in [1.29, 1.82) is 0 Å². The first-order valence-electron chi connectivity index (χ1n) is 7.99. The molecule has 1 atom stereocenters. The summed E-state index contributed by atoms with van der Waals surface area (Å²) >= 11 is 0. The molecule has 3 aliphatic heterocycles. The lowest BCUT2D eigenvalue weighted by atomic mass is 9.70. The predicted molar refractivity (Wildman–Crippen MR) is 83.0 cm³/mol. The topological polar surface area (TPSA) is 62.6 Å². The summed E-state index contributed by atoms with van der Waals surface area (Å²) in [6.45, 7) is 5.50. The largest absolute Gasteiger partial charge is 0.377 e. The average Bonchev–Trinajstić information content (AvgIpc) is 3.02. The first kappa shape index (κ1) is 12.9. The second-order valence-electron chi connectivity index (χ2n) is 6.70. The fraction of sp³-hybridized carbons (Fsp3) is 0.562. The van der Waals surface area contributed by atoms with Crippen molar-refractivity contribution in [2.45, 2.75) is 12.5 Å². The molecular formula is C16H20N4O2. The highest BCUT2D eigenvalue weighted by Gasteiger charge is 2.48. The van der Waals surface area contributed by atoms with Crippen molar-refractivity contribution in [2.75, 3.05) is 44.4 Å². The first-order valence-corrected chi connectivity index (χ1v) is 7.99. The van der Waals surface area contributed by atoms with Crippen molar-refractivity contribution in [3.63, 3.8) is 0 Å². The zero-order valence-corrected chi connectivity index (χ0v) is 12.5. The van der Waals surface area contributed by atoms with Crippen LogP contribution in [0.5, 0.6) is 0 Å². The number of ether oxygens (including phenoxy) is 1. The van der Waals surface area contributed by atoms with Crippen molar-refractivity contribution < 1.29 is 9.26 Å². The summed E-state index contributed by atoms with van der Waals surface area (Å²) < 4.78 is 11.2. The molecule has 1 spiro atoms. The molecule has 6 nitrogen and oxygen atoms in total. The Hall–Kier alpha value is -1.63. The van der Waals surface area contributed by atoms with Crippen molar-refractivity contribution >= 4 is 16.7 Å². The van der Waals surface area contributed by atoms with Gasteiger partial charge in [-0.1, -0.05) is 5.16 Å². The Kier molecular flexibility index (Phi) is 2.74. The molecule has 2 N–H and O–H groups in total. The van der Waals surface area contributed by atoms with Crippen LogP contribution in [-0.4, -0.2) is 50.7 Å². The van der Waals surface area contributed by atoms with Crippen molar-refractivity contribution in [2.24, 2.45) is 5.41 Å². The number of fused-ring (bicyclic) bond motifs is 5. The van der Waals surface area contributed by atoms with E-state index < -0.39 is 0 Å². The maximum absolute atomic E-state index is 5.82. The second kappa shape index (κ2) is 4.68. The Morgan fingerprint density at radius 3 is 3.09 bits per heavy atom. The van der Waals surface area contributed by atoms with Crippen molar-refractivity contribution in [3.05, 3.63) is 23.9 Å². The summed E-state index contributed by atoms with van der Waals surface area (Å²) in [6, 6.07) is 4.82. The van der Waals surface area contributed by atoms with Gasteiger partial charge in [-0.25, -0.2) is 0 Å². The lowest BCUT2D eigenvalue weighted by Crippen LogP contribution is -2.67. The van der Waals surface area contributed by atoms with Gasteiger partial charge in [-0.05, 0) is 18.1 Å². The number of morpholine rings is 1. The van der Waals surface area contributed by atoms with Gasteiger partial charge in [-0.15, -0.1) is 0 Å². The van der Waals surface area contributed by atoms with E-state index in [9.17, 15) is 0 Å². The Balaban J connectivity index is 1.66. The molecule has 1 unspecified atom stereocenters. The molecule has 0 saturated carbocycles. The van der Waals surface area contributed by atoms with E-state index in [1.807, 2.05) is 6.20 Å². The number of hydrogen-bond acceptors (Lipinski definition) is 6. The van der Waals surface area contributed by atoms with Crippen LogP contribution in [0, 0.1) is 5.41 Å². The molecule has 4 heterocycles. The standard InChI is InChI=1S/C16H20N4O2/c1-2-21-7-15-16(8-17-10-18-9-16)5-11-3-12-6-19-22-14(12)4-13(11)20(1)15/h3-4,6,15,17-18H,1-2,5,7-10H2. The number of benzene rings is 1. The zero-order valence-electron chi connectivity index (χ0n) is 12.5. The Bertz CT molecular complexity index is 707. The Morgan fingerprint density at radius 2 is 2.18 bits per heavy atom. The lowest BCUT2D eigenvalue weighted by Gasteiger charge is -2.54. The van der Waals surface area contributed by atoms with Gasteiger partial charge < -0.3 is 24.8 Å². The number of anilines is 1. The van der Waals surface area contributed by atoms with E-state index in [1.54, 1.807) is 0 Å². The minimum Gasteiger partial charge on any atom is -0.377 e. The number of hydrogen-bond donors (Lipinski definition) is 2. The first-order chi connectivity index (χ1) is 10.9. The third-order valence-corrected chi connectivity index (χ3v) is 5.45. The van der Waals surface area contributed by atoms with Crippen molar-refractivity contribution in [1.82, 2.24) is 15.8 Å². The molecule has 116 valence electrons. The molecule has 2 fully saturated rings. The highest BCUT2D eigenvalue weighted by molar-refractivity contribution is 5.83. The summed E-state index contributed by atoms with van der Waals surface area (Å²) in [5.41, 5.74) is 3.77. The maximum atomic E-state index is 5.82. The van der Waals surface area contributed by atoms with Gasteiger partial charge in [-0.3, -0.25) is 0 Å². The molecule has 22 heavy (non-hydrogen) atoms. The van der Waals surface area contributed by atoms with Crippen LogP contribution in [0.1, 0.15) is 5.56 Å². The van der Waals surface area contributed by atoms with Crippen LogP contribution in [0.15, 0.2) is 22.9 Å². The monoisotopic (exact) mass is 300 g/mol. The van der Waals surface area contributed by atoms with Crippen LogP contribution in [0.25, 0.3) is 11.0 Å². The smallest absolute Gasteiger partial charge is 0.168 e. The normalized spacial score (nSPS) is 26.9. The summed E-state index contributed by atoms with van der Waals surface area (Å²) in [6.07, 6.45) is 2.87. The van der Waals surface area contributed by atoms with Crippen molar-refractivity contribution in [3.8, 4) is 0 Å². The van der Waals surface area contributed by atoms with Crippen LogP contribution in [0.2, 0.25) is 0 Å². The molecule has 0 radical (unpaired) electrons. The molecule has 0 bridgehead atoms. The van der Waals surface area contributed by atoms with Gasteiger partial charge in [0.2, 0.25) is 0 Å². The molecule has 2 saturated heterocycles. The van der Waals surface area contributed by atoms with E-state index in [1.165, 1.54) is 11.3 Å². The van der Waals surface area contributed by atoms with E-state index in [0.717, 1.165) is 56.9 Å². The minimum absolute atomic E-state index is 0.191. The fourth-order valence-corrected chi connectivity index (χ4v) is 4.39. The van der Waals surface area contributed by atoms with Gasteiger partial charge in [0.05, 0.1) is 25.5 Å². The molecule has 1 aromatic carbocycles. The van der Waals surface area contributed by atoms with Gasteiger partial charge in [0.1, 0.15) is 0 Å². The highest BCUT2D eigenvalue weighted by Crippen LogP contribution is 2.44. The molecule has 6 heteroatoms. The van der Waals surface area contributed by atoms with Gasteiger partial charge in [0.25, 0.3) is 0 Å². The predicted octanol–water partition coefficient (Wildman–Crippen LogP) is 0.726. The third-order valence-electron chi connectivity index (χ3n) is 5.45. The van der Waals surface area contributed by atoms with E-state index >= 15 is 0 Å². The fourth-order valence-electron chi connectivity index (χ4n) is 4.39. The van der Waals surface area contributed by atoms with Crippen LogP contribution in [0.3, 0.4) is 0 Å². The third kappa shape index (κ3) is 1.74. The van der Waals surface area contributed by atoms with Crippen LogP contribution >= 0.6 is 0 Å². The number of aromatic nitrogens is 1. The highest BCUT2D eigenvalue weighted by atomic mass is 16.5. The molecular weight excluding hydrogens is 280 g/mol. The molecule has 0 amide bonds. The molecule has 3 aliphatic rings. The lowest BCUT2D eigenvalue weighted by molar-refractivity contribution is 0.0281. The van der Waals surface area contributed by atoms with Crippen LogP contribution < -0.4 is 15.5 Å². The van der Waals surface area contributed by atoms with E-state index in [-0.39, 0.29) is 5.41 Å². The van der Waals surface area contributed by atoms with Gasteiger partial charge >= 0.3 is 0 Å². The zero-order chi connectivity index (χ0) is 14.6. The number of nitrogens with one attached hydrogen (secondary N) is 2. The quantitative estimate of drug-likeness (QED) is 0.748. The average molecular weight is 300 g/mol. The minimum atomic E-state index is 0.191. The second-order valence-corrected chi connectivity index (χ2v) is 6.70. The molecule has 5 rings (SSSR count). The summed E-state index contributed by atoms with van der Waals surface area (Å²) in [4.78, 5) is 2.53. The van der Waals surface area contributed by atoms with Crippen LogP contribution in [0.4, 0.5) is 5.69 Å². The van der Waals surface area contributed by atoms with E-state index in [2.05, 4.69) is 32.8 Å². The Morgan fingerprint density at radius 1 is 1.27 bits per heavy atom. The SMILES string of the molecule is c1noc2cc3c(cc12)CC1(CNCNC1)C1COCCN31. The number of rotatable bonds is 0. The molecule has 2 aromatic rings. The molecule has 1 aromatic heterocycles. The summed E-state index contributed by atoms with van der Waals surface area (Å²) in [5, 5.41) is 12.1. The summed E-state index contributed by atoms with van der Waals surface area (Å²) in [7, 11) is 0. The van der Waals surface area contributed by atoms with Gasteiger partial charge in [-0.2, -0.15) is 0 Å². The van der Waals surface area contributed by atoms with Gasteiger partial charge in [0.15, 0.2) is 5.58 Å². The van der Waals surface area contributed by atoms with Crippen LogP contribution in [-0.2, 0) is 11.2 Å². The Labute approximate surface area is 128 Å². The molecule has 0 aliphatic carbocycles. The van der Waals surface area contributed by atoms with E-state index in [4.69, 9.17) is 9.26 Å².